The molecule has 144 valence electrons. The zero-order valence-corrected chi connectivity index (χ0v) is 14.9. The second-order valence-corrected chi connectivity index (χ2v) is 7.18. The summed E-state index contributed by atoms with van der Waals surface area (Å²) in [5.41, 5.74) is 1.68. The van der Waals surface area contributed by atoms with Gasteiger partial charge in [-0.15, -0.1) is 5.10 Å². The second-order valence-electron chi connectivity index (χ2n) is 7.18. The number of phenolic OH excluding ortho intramolecular Hbond substituents is 1. The highest BCUT2D eigenvalue weighted by Gasteiger charge is 2.43. The summed E-state index contributed by atoms with van der Waals surface area (Å²) in [7, 11) is 0. The highest BCUT2D eigenvalue weighted by Crippen LogP contribution is 2.32. The van der Waals surface area contributed by atoms with Crippen LogP contribution in [0.3, 0.4) is 0 Å². The number of hydrogen-bond donors (Lipinski definition) is 2. The molecule has 5 rings (SSSR count). The van der Waals surface area contributed by atoms with Crippen LogP contribution in [-0.4, -0.2) is 54.2 Å². The van der Waals surface area contributed by atoms with Gasteiger partial charge in [0.15, 0.2) is 6.17 Å². The highest BCUT2D eigenvalue weighted by molar-refractivity contribution is 5.67. The highest BCUT2D eigenvalue weighted by atomic mass is 19.1. The van der Waals surface area contributed by atoms with E-state index in [1.807, 2.05) is 6.07 Å². The molecule has 2 saturated heterocycles. The van der Waals surface area contributed by atoms with Crippen LogP contribution in [0.5, 0.6) is 11.8 Å². The van der Waals surface area contributed by atoms with E-state index in [-0.39, 0.29) is 17.8 Å². The number of phenols is 1. The van der Waals surface area contributed by atoms with Crippen LogP contribution >= 0.6 is 0 Å². The van der Waals surface area contributed by atoms with E-state index < -0.39 is 12.3 Å². The number of aromatic nitrogens is 5. The predicted octanol–water partition coefficient (Wildman–Crippen LogP) is 2.04. The number of imidazole rings is 1. The zero-order valence-electron chi connectivity index (χ0n) is 14.9. The first-order valence-electron chi connectivity index (χ1n) is 9.25. The third kappa shape index (κ3) is 3.07. The minimum atomic E-state index is -1.08. The van der Waals surface area contributed by atoms with Crippen LogP contribution < -0.4 is 10.1 Å². The molecule has 1 aromatic carbocycles. The van der Waals surface area contributed by atoms with Gasteiger partial charge < -0.3 is 19.7 Å². The standard InChI is InChI=1S/C19H19FN6O2/c20-18-14-4-1-11(23-14)7-17(18)28-19-22-9-15(24-25-19)13-3-2-12(8-16(13)27)26-6-5-21-10-26/h2-3,5-6,8-11,14,17-18,23,27H,1,4,7H2/t11-,14+,17-,18+/m1/s1. The molecule has 0 unspecified atom stereocenters. The number of aromatic hydroxyl groups is 1. The van der Waals surface area contributed by atoms with E-state index >= 15 is 0 Å². The number of nitrogens with zero attached hydrogens (tertiary/aromatic N) is 5. The number of hydrogen-bond acceptors (Lipinski definition) is 7. The smallest absolute Gasteiger partial charge is 0.336 e. The maximum absolute atomic E-state index is 14.5. The normalized spacial score (nSPS) is 26.3. The molecule has 2 N–H and O–H groups in total. The molecular weight excluding hydrogens is 363 g/mol. The van der Waals surface area contributed by atoms with Gasteiger partial charge >= 0.3 is 6.01 Å². The van der Waals surface area contributed by atoms with E-state index in [4.69, 9.17) is 4.74 Å². The van der Waals surface area contributed by atoms with Crippen LogP contribution in [-0.2, 0) is 0 Å². The number of fused-ring (bicyclic) bond motifs is 2. The van der Waals surface area contributed by atoms with E-state index in [9.17, 15) is 9.50 Å². The summed E-state index contributed by atoms with van der Waals surface area (Å²) < 4.78 is 21.9. The topological polar surface area (TPSA) is 98.0 Å². The predicted molar refractivity (Wildman–Crippen MR) is 97.9 cm³/mol. The average molecular weight is 382 g/mol. The Labute approximate surface area is 160 Å². The van der Waals surface area contributed by atoms with Crippen LogP contribution in [0.1, 0.15) is 19.3 Å². The lowest BCUT2D eigenvalue weighted by atomic mass is 10.0. The fraction of sp³-hybridized carbons (Fsp3) is 0.368. The number of ether oxygens (including phenoxy) is 1. The molecule has 0 aliphatic carbocycles. The van der Waals surface area contributed by atoms with Crippen molar-refractivity contribution in [3.8, 4) is 28.7 Å². The number of halogens is 1. The van der Waals surface area contributed by atoms with Crippen molar-refractivity contribution >= 4 is 0 Å². The Morgan fingerprint density at radius 1 is 1.25 bits per heavy atom. The van der Waals surface area contributed by atoms with Crippen LogP contribution in [0.2, 0.25) is 0 Å². The number of rotatable bonds is 4. The molecule has 2 bridgehead atoms. The van der Waals surface area contributed by atoms with Gasteiger partial charge in [-0.2, -0.15) is 0 Å². The average Bonchev–Trinajstić information content (AvgIpc) is 3.37. The van der Waals surface area contributed by atoms with Gasteiger partial charge in [0.1, 0.15) is 17.5 Å². The van der Waals surface area contributed by atoms with Crippen molar-refractivity contribution in [2.24, 2.45) is 0 Å². The van der Waals surface area contributed by atoms with E-state index in [2.05, 4.69) is 25.5 Å². The summed E-state index contributed by atoms with van der Waals surface area (Å²) in [5, 5.41) is 21.7. The van der Waals surface area contributed by atoms with Crippen LogP contribution in [0, 0.1) is 0 Å². The molecule has 2 aromatic heterocycles. The van der Waals surface area contributed by atoms with Gasteiger partial charge in [-0.1, -0.05) is 5.10 Å². The van der Waals surface area contributed by atoms with Crippen LogP contribution in [0.25, 0.3) is 16.9 Å². The molecule has 2 aliphatic rings. The summed E-state index contributed by atoms with van der Waals surface area (Å²) in [6.45, 7) is 0. The Bertz CT molecular complexity index is 965. The number of piperidine rings is 1. The molecule has 2 aliphatic heterocycles. The summed E-state index contributed by atoms with van der Waals surface area (Å²) in [6.07, 6.45) is 7.32. The summed E-state index contributed by atoms with van der Waals surface area (Å²) >= 11 is 0. The van der Waals surface area contributed by atoms with Gasteiger partial charge in [0, 0.05) is 42.5 Å². The van der Waals surface area contributed by atoms with Crippen LogP contribution in [0.15, 0.2) is 43.1 Å². The van der Waals surface area contributed by atoms with Crippen LogP contribution in [0.4, 0.5) is 4.39 Å². The largest absolute Gasteiger partial charge is 0.507 e. The van der Waals surface area contributed by atoms with Crippen molar-refractivity contribution in [1.82, 2.24) is 30.0 Å². The lowest BCUT2D eigenvalue weighted by molar-refractivity contribution is 0.0386. The molecule has 0 spiro atoms. The van der Waals surface area contributed by atoms with Crippen molar-refractivity contribution in [1.29, 1.82) is 0 Å². The van der Waals surface area contributed by atoms with Crippen molar-refractivity contribution in [3.05, 3.63) is 43.1 Å². The Morgan fingerprint density at radius 3 is 2.93 bits per heavy atom. The lowest BCUT2D eigenvalue weighted by Crippen LogP contribution is -2.51. The van der Waals surface area contributed by atoms with Gasteiger partial charge in [-0.3, -0.25) is 0 Å². The minimum Gasteiger partial charge on any atom is -0.507 e. The monoisotopic (exact) mass is 382 g/mol. The molecule has 3 aromatic rings. The molecule has 8 nitrogen and oxygen atoms in total. The van der Waals surface area contributed by atoms with Gasteiger partial charge in [0.2, 0.25) is 0 Å². The van der Waals surface area contributed by atoms with E-state index in [1.165, 1.54) is 6.20 Å². The molecule has 4 heterocycles. The first-order valence-corrected chi connectivity index (χ1v) is 9.25. The van der Waals surface area contributed by atoms with E-state index in [0.29, 0.717) is 23.7 Å². The SMILES string of the molecule is Oc1cc(-n2ccnc2)ccc1-c1cnc(O[C@@H]2C[C@H]3CC[C@H](N3)[C@@H]2F)nn1. The van der Waals surface area contributed by atoms with E-state index in [0.717, 1.165) is 18.5 Å². The van der Waals surface area contributed by atoms with Gasteiger partial charge in [0.05, 0.1) is 18.2 Å². The zero-order chi connectivity index (χ0) is 19.1. The Kier molecular flexibility index (Phi) is 4.16. The van der Waals surface area contributed by atoms with Crippen molar-refractivity contribution < 1.29 is 14.2 Å². The summed E-state index contributed by atoms with van der Waals surface area (Å²) in [6, 6.07) is 5.37. The molecule has 28 heavy (non-hydrogen) atoms. The quantitative estimate of drug-likeness (QED) is 0.712. The Balaban J connectivity index is 1.32. The first kappa shape index (κ1) is 17.1. The Hall–Kier alpha value is -3.07. The molecular formula is C19H19FN6O2. The Morgan fingerprint density at radius 2 is 2.18 bits per heavy atom. The van der Waals surface area contributed by atoms with Crippen molar-refractivity contribution in [3.63, 3.8) is 0 Å². The maximum atomic E-state index is 14.5. The number of alkyl halides is 1. The fourth-order valence-corrected chi connectivity index (χ4v) is 3.96. The first-order chi connectivity index (χ1) is 13.7. The maximum Gasteiger partial charge on any atom is 0.336 e. The van der Waals surface area contributed by atoms with Crippen molar-refractivity contribution in [2.45, 2.75) is 43.6 Å². The molecule has 2 fully saturated rings. The summed E-state index contributed by atoms with van der Waals surface area (Å²) in [5.74, 6) is 0.0507. The van der Waals surface area contributed by atoms with Crippen molar-refractivity contribution in [2.75, 3.05) is 0 Å². The minimum absolute atomic E-state index is 0.0484. The molecule has 9 heteroatoms. The van der Waals surface area contributed by atoms with Gasteiger partial charge in [-0.25, -0.2) is 14.4 Å². The molecule has 0 radical (unpaired) electrons. The van der Waals surface area contributed by atoms with E-state index in [1.54, 1.807) is 35.4 Å². The molecule has 4 atom stereocenters. The number of benzene rings is 1. The van der Waals surface area contributed by atoms with Gasteiger partial charge in [-0.05, 0) is 25.0 Å². The molecule has 0 amide bonds. The number of nitrogens with one attached hydrogen (secondary N) is 1. The second kappa shape index (κ2) is 6.83. The van der Waals surface area contributed by atoms with Gasteiger partial charge in [0.25, 0.3) is 0 Å². The molecule has 0 saturated carbocycles. The fourth-order valence-electron chi connectivity index (χ4n) is 3.96. The summed E-state index contributed by atoms with van der Waals surface area (Å²) in [4.78, 5) is 8.15. The third-order valence-electron chi connectivity index (χ3n) is 5.39. The third-order valence-corrected chi connectivity index (χ3v) is 5.39. The lowest BCUT2D eigenvalue weighted by Gasteiger charge is -2.31.